The third kappa shape index (κ3) is 6.47. The van der Waals surface area contributed by atoms with Gasteiger partial charge in [-0.05, 0) is 20.8 Å². The maximum absolute atomic E-state index is 12.0. The summed E-state index contributed by atoms with van der Waals surface area (Å²) < 4.78 is 5.36. The first-order chi connectivity index (χ1) is 11.7. The van der Waals surface area contributed by atoms with Crippen LogP contribution in [0.3, 0.4) is 0 Å². The van der Waals surface area contributed by atoms with E-state index >= 15 is 0 Å². The molecule has 0 aliphatic carbocycles. The lowest BCUT2D eigenvalue weighted by Gasteiger charge is -2.35. The largest absolute Gasteiger partial charge is 0.444 e. The third-order valence-electron chi connectivity index (χ3n) is 3.57. The Labute approximate surface area is 152 Å². The summed E-state index contributed by atoms with van der Waals surface area (Å²) in [6, 6.07) is 0. The van der Waals surface area contributed by atoms with E-state index in [9.17, 15) is 9.59 Å². The summed E-state index contributed by atoms with van der Waals surface area (Å²) in [6.45, 7) is 8.36. The van der Waals surface area contributed by atoms with Crippen molar-refractivity contribution in [3.63, 3.8) is 0 Å². The van der Waals surface area contributed by atoms with E-state index in [2.05, 4.69) is 15.3 Å². The molecular formula is C16H24ClN5O3. The molecule has 0 aromatic carbocycles. The number of nitrogens with one attached hydrogen (secondary N) is 1. The molecule has 1 fully saturated rings. The van der Waals surface area contributed by atoms with E-state index in [-0.39, 0.29) is 30.2 Å². The molecule has 0 atom stereocenters. The number of hydrogen-bond acceptors (Lipinski definition) is 6. The summed E-state index contributed by atoms with van der Waals surface area (Å²) in [5.41, 5.74) is 0.0302. The number of carbonyl (C=O) groups is 2. The summed E-state index contributed by atoms with van der Waals surface area (Å²) in [6.07, 6.45) is 2.72. The molecule has 9 heteroatoms. The molecule has 2 amide bonds. The van der Waals surface area contributed by atoms with Gasteiger partial charge >= 0.3 is 6.09 Å². The lowest BCUT2D eigenvalue weighted by atomic mass is 10.2. The highest BCUT2D eigenvalue weighted by atomic mass is 35.5. The third-order valence-corrected chi connectivity index (χ3v) is 3.88. The number of piperazine rings is 1. The van der Waals surface area contributed by atoms with Crippen molar-refractivity contribution in [1.82, 2.24) is 25.1 Å². The average molecular weight is 370 g/mol. The van der Waals surface area contributed by atoms with E-state index in [0.717, 1.165) is 0 Å². The molecule has 0 radical (unpaired) electrons. The lowest BCUT2D eigenvalue weighted by molar-refractivity contribution is -0.122. The summed E-state index contributed by atoms with van der Waals surface area (Å²) in [4.78, 5) is 35.7. The van der Waals surface area contributed by atoms with Gasteiger partial charge in [0, 0.05) is 38.6 Å². The zero-order chi connectivity index (χ0) is 18.4. The van der Waals surface area contributed by atoms with Gasteiger partial charge in [-0.3, -0.25) is 14.7 Å². The Kier molecular flexibility index (Phi) is 6.55. The van der Waals surface area contributed by atoms with Crippen LogP contribution >= 0.6 is 11.6 Å². The van der Waals surface area contributed by atoms with Crippen LogP contribution in [0, 0.1) is 0 Å². The Morgan fingerprint density at radius 2 is 1.84 bits per heavy atom. The number of rotatable bonds is 4. The quantitative estimate of drug-likeness (QED) is 0.860. The number of hydrogen-bond donors (Lipinski definition) is 1. The Bertz CT molecular complexity index is 612. The molecule has 1 saturated heterocycles. The second-order valence-electron chi connectivity index (χ2n) is 6.81. The number of ether oxygens (including phenoxy) is 1. The van der Waals surface area contributed by atoms with Crippen LogP contribution in [0.25, 0.3) is 0 Å². The summed E-state index contributed by atoms with van der Waals surface area (Å²) in [5.74, 6) is -0.118. The zero-order valence-electron chi connectivity index (χ0n) is 14.8. The van der Waals surface area contributed by atoms with Gasteiger partial charge in [-0.1, -0.05) is 11.6 Å². The van der Waals surface area contributed by atoms with Crippen molar-refractivity contribution in [2.75, 3.05) is 32.7 Å². The van der Waals surface area contributed by atoms with Gasteiger partial charge in [-0.25, -0.2) is 9.78 Å². The van der Waals surface area contributed by atoms with Crippen LogP contribution in [0.15, 0.2) is 12.4 Å². The Morgan fingerprint density at radius 1 is 1.20 bits per heavy atom. The molecule has 2 rings (SSSR count). The summed E-state index contributed by atoms with van der Waals surface area (Å²) in [7, 11) is 0. The van der Waals surface area contributed by atoms with Crippen molar-refractivity contribution in [2.24, 2.45) is 0 Å². The molecule has 138 valence electrons. The molecule has 0 spiro atoms. The molecule has 0 saturated carbocycles. The maximum Gasteiger partial charge on any atom is 0.410 e. The van der Waals surface area contributed by atoms with Crippen LogP contribution in [0.2, 0.25) is 5.15 Å². The van der Waals surface area contributed by atoms with Gasteiger partial charge in [-0.15, -0.1) is 0 Å². The predicted octanol–water partition coefficient (Wildman–Crippen LogP) is 1.30. The van der Waals surface area contributed by atoms with Crippen molar-refractivity contribution < 1.29 is 14.3 Å². The fourth-order valence-electron chi connectivity index (χ4n) is 2.32. The molecule has 1 N–H and O–H groups in total. The number of nitrogens with zero attached hydrogens (tertiary/aromatic N) is 4. The minimum atomic E-state index is -0.504. The number of halogens is 1. The van der Waals surface area contributed by atoms with Crippen molar-refractivity contribution in [2.45, 2.75) is 32.9 Å². The fraction of sp³-hybridized carbons (Fsp3) is 0.625. The number of carbonyl (C=O) groups excluding carboxylic acids is 2. The first kappa shape index (κ1) is 19.4. The van der Waals surface area contributed by atoms with Gasteiger partial charge in [0.1, 0.15) is 5.60 Å². The van der Waals surface area contributed by atoms with E-state index in [1.165, 1.54) is 12.4 Å². The molecule has 1 aliphatic heterocycles. The first-order valence-electron chi connectivity index (χ1n) is 8.17. The zero-order valence-corrected chi connectivity index (χ0v) is 15.5. The van der Waals surface area contributed by atoms with Gasteiger partial charge in [0.05, 0.1) is 18.8 Å². The molecule has 0 bridgehead atoms. The van der Waals surface area contributed by atoms with Crippen molar-refractivity contribution in [1.29, 1.82) is 0 Å². The summed E-state index contributed by atoms with van der Waals surface area (Å²) in [5, 5.41) is 3.07. The standard InChI is InChI=1S/C16H24ClN5O3/c1-16(2,3)25-15(24)22-8-6-21(7-9-22)11-13(23)20-10-12-14(17)19-5-4-18-12/h4-5H,6-11H2,1-3H3,(H,20,23). The van der Waals surface area contributed by atoms with Crippen LogP contribution in [0.4, 0.5) is 4.79 Å². The normalized spacial score (nSPS) is 15.8. The van der Waals surface area contributed by atoms with Crippen molar-refractivity contribution in [3.05, 3.63) is 23.2 Å². The SMILES string of the molecule is CC(C)(C)OC(=O)N1CCN(CC(=O)NCc2nccnc2Cl)CC1. The molecule has 1 aromatic rings. The molecule has 1 aromatic heterocycles. The van der Waals surface area contributed by atoms with Crippen LogP contribution in [-0.4, -0.2) is 70.1 Å². The minimum absolute atomic E-state index is 0.118. The van der Waals surface area contributed by atoms with Gasteiger partial charge in [0.25, 0.3) is 0 Å². The topological polar surface area (TPSA) is 87.7 Å². The van der Waals surface area contributed by atoms with Gasteiger partial charge in [0.2, 0.25) is 5.91 Å². The molecule has 1 aliphatic rings. The predicted molar refractivity (Wildman–Crippen MR) is 93.1 cm³/mol. The number of aromatic nitrogens is 2. The lowest BCUT2D eigenvalue weighted by Crippen LogP contribution is -2.52. The van der Waals surface area contributed by atoms with Gasteiger partial charge < -0.3 is 15.0 Å². The fourth-order valence-corrected chi connectivity index (χ4v) is 2.50. The highest BCUT2D eigenvalue weighted by Gasteiger charge is 2.26. The molecule has 25 heavy (non-hydrogen) atoms. The Balaban J connectivity index is 1.72. The molecule has 8 nitrogen and oxygen atoms in total. The van der Waals surface area contributed by atoms with Gasteiger partial charge in [-0.2, -0.15) is 0 Å². The van der Waals surface area contributed by atoms with E-state index in [1.54, 1.807) is 4.90 Å². The molecule has 0 unspecified atom stereocenters. The van der Waals surface area contributed by atoms with E-state index in [0.29, 0.717) is 31.9 Å². The highest BCUT2D eigenvalue weighted by Crippen LogP contribution is 2.12. The van der Waals surface area contributed by atoms with Gasteiger partial charge in [0.15, 0.2) is 5.15 Å². The first-order valence-corrected chi connectivity index (χ1v) is 8.55. The maximum atomic E-state index is 12.0. The van der Waals surface area contributed by atoms with Crippen LogP contribution in [-0.2, 0) is 16.1 Å². The smallest absolute Gasteiger partial charge is 0.410 e. The second kappa shape index (κ2) is 8.44. The van der Waals surface area contributed by atoms with Crippen LogP contribution in [0.1, 0.15) is 26.5 Å². The van der Waals surface area contributed by atoms with Crippen molar-refractivity contribution >= 4 is 23.6 Å². The second-order valence-corrected chi connectivity index (χ2v) is 7.17. The summed E-state index contributed by atoms with van der Waals surface area (Å²) >= 11 is 5.91. The Morgan fingerprint density at radius 3 is 2.44 bits per heavy atom. The van der Waals surface area contributed by atoms with E-state index in [1.807, 2.05) is 25.7 Å². The Hall–Kier alpha value is -1.93. The monoisotopic (exact) mass is 369 g/mol. The highest BCUT2D eigenvalue weighted by molar-refractivity contribution is 6.29. The number of amides is 2. The molecule has 2 heterocycles. The van der Waals surface area contributed by atoms with E-state index in [4.69, 9.17) is 16.3 Å². The van der Waals surface area contributed by atoms with E-state index < -0.39 is 5.60 Å². The van der Waals surface area contributed by atoms with Crippen molar-refractivity contribution in [3.8, 4) is 0 Å². The van der Waals surface area contributed by atoms with Crippen LogP contribution in [0.5, 0.6) is 0 Å². The molecular weight excluding hydrogens is 346 g/mol. The minimum Gasteiger partial charge on any atom is -0.444 e. The average Bonchev–Trinajstić information content (AvgIpc) is 2.53. The van der Waals surface area contributed by atoms with Crippen LogP contribution < -0.4 is 5.32 Å².